The molecule has 33 heavy (non-hydrogen) atoms. The normalized spacial score (nSPS) is 11.3. The molecule has 0 spiro atoms. The molecule has 2 heteroatoms. The molecule has 0 aliphatic heterocycles. The van der Waals surface area contributed by atoms with Crippen LogP contribution in [0.5, 0.6) is 5.75 Å². The van der Waals surface area contributed by atoms with Crippen molar-refractivity contribution >= 4 is 32.3 Å². The van der Waals surface area contributed by atoms with Crippen LogP contribution in [0, 0.1) is 0 Å². The smallest absolute Gasteiger partial charge is 0.119 e. The highest BCUT2D eigenvalue weighted by Crippen LogP contribution is 2.43. The minimum Gasteiger partial charge on any atom is -0.494 e. The zero-order valence-electron chi connectivity index (χ0n) is 18.5. The fraction of sp³-hybridized carbons (Fsp3) is 0.0645. The largest absolute Gasteiger partial charge is 0.494 e. The Kier molecular flexibility index (Phi) is 4.77. The SMILES string of the molecule is CCOc1ccc(-c2c3ccccc3c(-c3cc4ccccc4cn3)c3ccccc23)cc1. The van der Waals surface area contributed by atoms with Crippen LogP contribution in [0.4, 0.5) is 0 Å². The second-order valence-corrected chi connectivity index (χ2v) is 8.22. The summed E-state index contributed by atoms with van der Waals surface area (Å²) in [5, 5.41) is 7.23. The van der Waals surface area contributed by atoms with E-state index in [0.717, 1.165) is 16.8 Å². The molecular weight excluding hydrogens is 402 g/mol. The van der Waals surface area contributed by atoms with Gasteiger partial charge in [0.05, 0.1) is 12.3 Å². The van der Waals surface area contributed by atoms with Gasteiger partial charge in [-0.1, -0.05) is 84.9 Å². The lowest BCUT2D eigenvalue weighted by molar-refractivity contribution is 0.340. The molecule has 1 heterocycles. The zero-order chi connectivity index (χ0) is 22.2. The van der Waals surface area contributed by atoms with E-state index >= 15 is 0 Å². The molecule has 0 saturated heterocycles. The molecule has 0 saturated carbocycles. The van der Waals surface area contributed by atoms with Crippen molar-refractivity contribution in [2.75, 3.05) is 6.61 Å². The summed E-state index contributed by atoms with van der Waals surface area (Å²) in [4.78, 5) is 4.90. The van der Waals surface area contributed by atoms with Gasteiger partial charge in [-0.15, -0.1) is 0 Å². The standard InChI is InChI=1S/C31H23NO/c1-2-33-24-17-15-21(16-18-24)30-25-11-5-7-13-27(25)31(28-14-8-6-12-26(28)30)29-19-22-9-3-4-10-23(22)20-32-29/h3-20H,2H2,1H3. The quantitative estimate of drug-likeness (QED) is 0.265. The molecule has 5 aromatic carbocycles. The Morgan fingerprint density at radius 1 is 0.606 bits per heavy atom. The molecule has 0 N–H and O–H groups in total. The van der Waals surface area contributed by atoms with Gasteiger partial charge in [0.1, 0.15) is 5.75 Å². The number of pyridine rings is 1. The van der Waals surface area contributed by atoms with Crippen molar-refractivity contribution in [2.24, 2.45) is 0 Å². The number of ether oxygens (including phenoxy) is 1. The van der Waals surface area contributed by atoms with Crippen molar-refractivity contribution in [2.45, 2.75) is 6.92 Å². The Labute approximate surface area is 193 Å². The molecule has 0 aliphatic carbocycles. The average Bonchev–Trinajstić information content (AvgIpc) is 2.88. The van der Waals surface area contributed by atoms with Gasteiger partial charge in [-0.05, 0) is 63.2 Å². The Bertz CT molecular complexity index is 1560. The second kappa shape index (κ2) is 8.07. The van der Waals surface area contributed by atoms with Crippen LogP contribution in [0.2, 0.25) is 0 Å². The lowest BCUT2D eigenvalue weighted by Gasteiger charge is -2.17. The molecule has 6 rings (SSSR count). The Morgan fingerprint density at radius 3 is 1.76 bits per heavy atom. The lowest BCUT2D eigenvalue weighted by atomic mass is 9.87. The molecule has 0 aliphatic rings. The zero-order valence-corrected chi connectivity index (χ0v) is 18.5. The first-order valence-corrected chi connectivity index (χ1v) is 11.4. The Hall–Kier alpha value is -4.17. The van der Waals surface area contributed by atoms with Crippen LogP contribution < -0.4 is 4.74 Å². The number of hydrogen-bond acceptors (Lipinski definition) is 2. The Balaban J connectivity index is 1.69. The van der Waals surface area contributed by atoms with E-state index in [4.69, 9.17) is 9.72 Å². The maximum Gasteiger partial charge on any atom is 0.119 e. The van der Waals surface area contributed by atoms with Gasteiger partial charge in [0.2, 0.25) is 0 Å². The van der Waals surface area contributed by atoms with Crippen molar-refractivity contribution in [1.82, 2.24) is 4.98 Å². The summed E-state index contributed by atoms with van der Waals surface area (Å²) in [7, 11) is 0. The number of rotatable bonds is 4. The van der Waals surface area contributed by atoms with Crippen molar-refractivity contribution in [3.8, 4) is 28.1 Å². The molecule has 0 unspecified atom stereocenters. The summed E-state index contributed by atoms with van der Waals surface area (Å²) in [5.41, 5.74) is 4.61. The predicted octanol–water partition coefficient (Wildman–Crippen LogP) is 8.27. The second-order valence-electron chi connectivity index (χ2n) is 8.22. The van der Waals surface area contributed by atoms with Crippen LogP contribution in [0.15, 0.2) is 109 Å². The van der Waals surface area contributed by atoms with Crippen molar-refractivity contribution < 1.29 is 4.74 Å². The first kappa shape index (κ1) is 19.5. The molecule has 158 valence electrons. The van der Waals surface area contributed by atoms with E-state index in [1.807, 2.05) is 13.1 Å². The van der Waals surface area contributed by atoms with Crippen LogP contribution in [0.3, 0.4) is 0 Å². The number of aromatic nitrogens is 1. The number of fused-ring (bicyclic) bond motifs is 3. The maximum atomic E-state index is 5.68. The van der Waals surface area contributed by atoms with Gasteiger partial charge in [-0.25, -0.2) is 0 Å². The summed E-state index contributed by atoms with van der Waals surface area (Å²) in [5.74, 6) is 0.895. The highest BCUT2D eigenvalue weighted by Gasteiger charge is 2.17. The summed E-state index contributed by atoms with van der Waals surface area (Å²) >= 11 is 0. The average molecular weight is 426 g/mol. The fourth-order valence-corrected chi connectivity index (χ4v) is 4.82. The van der Waals surface area contributed by atoms with E-state index in [-0.39, 0.29) is 0 Å². The summed E-state index contributed by atoms with van der Waals surface area (Å²) in [6.45, 7) is 2.67. The lowest BCUT2D eigenvalue weighted by Crippen LogP contribution is -1.93. The van der Waals surface area contributed by atoms with Gasteiger partial charge in [0.25, 0.3) is 0 Å². The minimum atomic E-state index is 0.665. The third-order valence-electron chi connectivity index (χ3n) is 6.27. The third kappa shape index (κ3) is 3.32. The van der Waals surface area contributed by atoms with Crippen LogP contribution in [0.25, 0.3) is 54.7 Å². The van der Waals surface area contributed by atoms with Gasteiger partial charge in [-0.2, -0.15) is 0 Å². The predicted molar refractivity (Wildman–Crippen MR) is 139 cm³/mol. The van der Waals surface area contributed by atoms with Crippen LogP contribution in [0.1, 0.15) is 6.92 Å². The first-order chi connectivity index (χ1) is 16.3. The van der Waals surface area contributed by atoms with Crippen molar-refractivity contribution in [3.05, 3.63) is 109 Å². The summed E-state index contributed by atoms with van der Waals surface area (Å²) in [6, 6.07) is 36.4. The van der Waals surface area contributed by atoms with Gasteiger partial charge in [-0.3, -0.25) is 4.98 Å². The van der Waals surface area contributed by atoms with Gasteiger partial charge >= 0.3 is 0 Å². The molecule has 0 radical (unpaired) electrons. The van der Waals surface area contributed by atoms with Crippen LogP contribution in [-0.2, 0) is 0 Å². The van der Waals surface area contributed by atoms with E-state index in [9.17, 15) is 0 Å². The summed E-state index contributed by atoms with van der Waals surface area (Å²) in [6.07, 6.45) is 1.98. The minimum absolute atomic E-state index is 0.665. The molecule has 1 aromatic heterocycles. The van der Waals surface area contributed by atoms with Crippen molar-refractivity contribution in [3.63, 3.8) is 0 Å². The molecule has 0 atom stereocenters. The molecule has 0 bridgehead atoms. The van der Waals surface area contributed by atoms with E-state index in [1.165, 1.54) is 43.6 Å². The first-order valence-electron chi connectivity index (χ1n) is 11.4. The van der Waals surface area contributed by atoms with Gasteiger partial charge in [0, 0.05) is 17.1 Å². The number of benzene rings is 5. The van der Waals surface area contributed by atoms with E-state index in [1.54, 1.807) is 0 Å². The van der Waals surface area contributed by atoms with E-state index in [2.05, 4.69) is 103 Å². The van der Waals surface area contributed by atoms with E-state index < -0.39 is 0 Å². The Morgan fingerprint density at radius 2 is 1.15 bits per heavy atom. The van der Waals surface area contributed by atoms with Crippen molar-refractivity contribution in [1.29, 1.82) is 0 Å². The van der Waals surface area contributed by atoms with E-state index in [0.29, 0.717) is 6.61 Å². The highest BCUT2D eigenvalue weighted by molar-refractivity contribution is 6.21. The van der Waals surface area contributed by atoms with Gasteiger partial charge in [0.15, 0.2) is 0 Å². The summed E-state index contributed by atoms with van der Waals surface area (Å²) < 4.78 is 5.68. The molecule has 0 fully saturated rings. The molecule has 0 amide bonds. The molecule has 6 aromatic rings. The molecule has 2 nitrogen and oxygen atoms in total. The monoisotopic (exact) mass is 425 g/mol. The van der Waals surface area contributed by atoms with Crippen LogP contribution in [-0.4, -0.2) is 11.6 Å². The van der Waals surface area contributed by atoms with Gasteiger partial charge < -0.3 is 4.74 Å². The third-order valence-corrected chi connectivity index (χ3v) is 6.27. The highest BCUT2D eigenvalue weighted by atomic mass is 16.5. The van der Waals surface area contributed by atoms with Crippen LogP contribution >= 0.6 is 0 Å². The number of hydrogen-bond donors (Lipinski definition) is 0. The topological polar surface area (TPSA) is 22.1 Å². The maximum absolute atomic E-state index is 5.68. The fourth-order valence-electron chi connectivity index (χ4n) is 4.82. The molecular formula is C31H23NO. The number of nitrogens with zero attached hydrogens (tertiary/aromatic N) is 1.